The fourth-order valence-corrected chi connectivity index (χ4v) is 3.11. The summed E-state index contributed by atoms with van der Waals surface area (Å²) in [6.45, 7) is 7.45. The monoisotopic (exact) mass is 371 g/mol. The summed E-state index contributed by atoms with van der Waals surface area (Å²) < 4.78 is 9.19. The van der Waals surface area contributed by atoms with Crippen LogP contribution in [0.5, 0.6) is 0 Å². The summed E-state index contributed by atoms with van der Waals surface area (Å²) >= 11 is 6.09. The molecule has 0 unspecified atom stereocenters. The van der Waals surface area contributed by atoms with Gasteiger partial charge in [-0.15, -0.1) is 0 Å². The van der Waals surface area contributed by atoms with E-state index in [4.69, 9.17) is 16.3 Å². The van der Waals surface area contributed by atoms with Crippen molar-refractivity contribution in [1.29, 1.82) is 0 Å². The largest absolute Gasteiger partial charge is 0.457 e. The van der Waals surface area contributed by atoms with Crippen LogP contribution in [0.1, 0.15) is 32.0 Å². The topological polar surface area (TPSA) is 49.0 Å². The molecule has 0 radical (unpaired) electrons. The van der Waals surface area contributed by atoms with Crippen molar-refractivity contribution in [2.75, 3.05) is 0 Å². The van der Waals surface area contributed by atoms with Crippen molar-refractivity contribution in [2.24, 2.45) is 7.05 Å². The first kappa shape index (κ1) is 18.3. The van der Waals surface area contributed by atoms with E-state index in [1.165, 1.54) is 6.08 Å². The number of fused-ring (bicyclic) bond motifs is 1. The van der Waals surface area contributed by atoms with Crippen LogP contribution in [0.15, 0.2) is 36.5 Å². The minimum atomic E-state index is -0.524. The molecule has 0 fully saturated rings. The van der Waals surface area contributed by atoms with E-state index in [-0.39, 0.29) is 5.97 Å². The summed E-state index contributed by atoms with van der Waals surface area (Å²) in [4.78, 5) is 12.0. The molecule has 0 spiro atoms. The maximum atomic E-state index is 12.0. The van der Waals surface area contributed by atoms with Crippen LogP contribution in [0.3, 0.4) is 0 Å². The van der Waals surface area contributed by atoms with E-state index in [0.29, 0.717) is 5.02 Å². The van der Waals surface area contributed by atoms with Crippen molar-refractivity contribution in [3.63, 3.8) is 0 Å². The Labute approximate surface area is 157 Å². The van der Waals surface area contributed by atoms with Gasteiger partial charge in [-0.05, 0) is 58.0 Å². The standard InChI is InChI=1S/C20H22ClN3O2/c1-13-16(7-9-18(25)26-20(2,3)4)19(23(5)22-13)24-11-10-14-12-15(21)6-8-17(14)24/h6-12H,1-5H3. The van der Waals surface area contributed by atoms with Crippen LogP contribution in [-0.2, 0) is 16.6 Å². The molecule has 0 aliphatic carbocycles. The molecule has 3 rings (SSSR count). The molecule has 1 aromatic carbocycles. The molecule has 136 valence electrons. The van der Waals surface area contributed by atoms with Gasteiger partial charge in [-0.2, -0.15) is 5.10 Å². The number of esters is 1. The summed E-state index contributed by atoms with van der Waals surface area (Å²) in [6.07, 6.45) is 5.18. The molecule has 26 heavy (non-hydrogen) atoms. The molecule has 6 heteroatoms. The molecule has 0 amide bonds. The van der Waals surface area contributed by atoms with E-state index >= 15 is 0 Å². The highest BCUT2D eigenvalue weighted by molar-refractivity contribution is 6.31. The first-order chi connectivity index (χ1) is 12.2. The summed E-state index contributed by atoms with van der Waals surface area (Å²) in [5, 5.41) is 6.25. The van der Waals surface area contributed by atoms with Crippen LogP contribution in [0, 0.1) is 6.92 Å². The van der Waals surface area contributed by atoms with Crippen molar-refractivity contribution in [3.05, 3.63) is 52.8 Å². The van der Waals surface area contributed by atoms with Crippen molar-refractivity contribution < 1.29 is 9.53 Å². The van der Waals surface area contributed by atoms with Crippen molar-refractivity contribution in [2.45, 2.75) is 33.3 Å². The van der Waals surface area contributed by atoms with Gasteiger partial charge >= 0.3 is 5.97 Å². The van der Waals surface area contributed by atoms with Crippen molar-refractivity contribution in [3.8, 4) is 5.82 Å². The molecule has 0 atom stereocenters. The second kappa shape index (κ2) is 6.65. The van der Waals surface area contributed by atoms with Gasteiger partial charge < -0.3 is 9.30 Å². The quantitative estimate of drug-likeness (QED) is 0.496. The molecular weight excluding hydrogens is 350 g/mol. The van der Waals surface area contributed by atoms with Gasteiger partial charge in [0.2, 0.25) is 0 Å². The highest BCUT2D eigenvalue weighted by Crippen LogP contribution is 2.27. The minimum absolute atomic E-state index is 0.379. The highest BCUT2D eigenvalue weighted by Gasteiger charge is 2.17. The molecule has 0 saturated carbocycles. The zero-order chi connectivity index (χ0) is 19.1. The number of halogens is 1. The molecule has 0 saturated heterocycles. The lowest BCUT2D eigenvalue weighted by Crippen LogP contribution is -2.22. The van der Waals surface area contributed by atoms with Crippen molar-refractivity contribution >= 4 is 34.5 Å². The van der Waals surface area contributed by atoms with Gasteiger partial charge in [-0.1, -0.05) is 11.6 Å². The highest BCUT2D eigenvalue weighted by atomic mass is 35.5. The molecule has 5 nitrogen and oxygen atoms in total. The molecule has 0 N–H and O–H groups in total. The van der Waals surface area contributed by atoms with Gasteiger partial charge in [-0.3, -0.25) is 4.68 Å². The molecule has 2 heterocycles. The third-order valence-electron chi connectivity index (χ3n) is 3.91. The molecule has 0 bridgehead atoms. The zero-order valence-electron chi connectivity index (χ0n) is 15.6. The fraction of sp³-hybridized carbons (Fsp3) is 0.300. The maximum absolute atomic E-state index is 12.0. The normalized spacial score (nSPS) is 12.2. The number of aryl methyl sites for hydroxylation is 2. The lowest BCUT2D eigenvalue weighted by atomic mass is 10.2. The van der Waals surface area contributed by atoms with Crippen LogP contribution < -0.4 is 0 Å². The average molecular weight is 372 g/mol. The van der Waals surface area contributed by atoms with Gasteiger partial charge in [0, 0.05) is 35.3 Å². The SMILES string of the molecule is Cc1nn(C)c(-n2ccc3cc(Cl)ccc32)c1C=CC(=O)OC(C)(C)C. The van der Waals surface area contributed by atoms with Crippen LogP contribution in [0.2, 0.25) is 5.02 Å². The number of hydrogen-bond donors (Lipinski definition) is 0. The van der Waals surface area contributed by atoms with Gasteiger partial charge in [0.1, 0.15) is 11.4 Å². The van der Waals surface area contributed by atoms with E-state index in [0.717, 1.165) is 28.0 Å². The Balaban J connectivity index is 2.05. The number of nitrogens with zero attached hydrogens (tertiary/aromatic N) is 3. The van der Waals surface area contributed by atoms with Crippen molar-refractivity contribution in [1.82, 2.24) is 14.3 Å². The Kier molecular flexibility index (Phi) is 4.67. The molecule has 0 aliphatic heterocycles. The number of carbonyl (C=O) groups excluding carboxylic acids is 1. The Morgan fingerprint density at radius 2 is 2.00 bits per heavy atom. The Hall–Kier alpha value is -2.53. The first-order valence-corrected chi connectivity index (χ1v) is 8.75. The van der Waals surface area contributed by atoms with Crippen LogP contribution in [0.4, 0.5) is 0 Å². The van der Waals surface area contributed by atoms with E-state index in [9.17, 15) is 4.79 Å². The Morgan fingerprint density at radius 1 is 1.27 bits per heavy atom. The number of benzene rings is 1. The molecule has 2 aromatic heterocycles. The summed E-state index contributed by atoms with van der Waals surface area (Å²) in [5.74, 6) is 0.496. The number of carbonyl (C=O) groups is 1. The minimum Gasteiger partial charge on any atom is -0.457 e. The Morgan fingerprint density at radius 3 is 2.69 bits per heavy atom. The fourth-order valence-electron chi connectivity index (χ4n) is 2.93. The summed E-state index contributed by atoms with van der Waals surface area (Å²) in [6, 6.07) is 7.76. The van der Waals surface area contributed by atoms with Gasteiger partial charge in [-0.25, -0.2) is 4.79 Å². The smallest absolute Gasteiger partial charge is 0.331 e. The van der Waals surface area contributed by atoms with E-state index < -0.39 is 5.60 Å². The molecular formula is C20H22ClN3O2. The third-order valence-corrected chi connectivity index (χ3v) is 4.15. The van der Waals surface area contributed by atoms with Crippen LogP contribution in [-0.4, -0.2) is 25.9 Å². The van der Waals surface area contributed by atoms with Gasteiger partial charge in [0.25, 0.3) is 0 Å². The lowest BCUT2D eigenvalue weighted by molar-refractivity contribution is -0.148. The Bertz CT molecular complexity index is 1010. The zero-order valence-corrected chi connectivity index (χ0v) is 16.3. The number of aromatic nitrogens is 3. The summed E-state index contributed by atoms with van der Waals surface area (Å²) in [5.41, 5.74) is 2.19. The predicted molar refractivity (Wildman–Crippen MR) is 105 cm³/mol. The van der Waals surface area contributed by atoms with E-state index in [1.54, 1.807) is 10.8 Å². The molecule has 3 aromatic rings. The average Bonchev–Trinajstić information content (AvgIpc) is 3.03. The summed E-state index contributed by atoms with van der Waals surface area (Å²) in [7, 11) is 1.88. The number of hydrogen-bond acceptors (Lipinski definition) is 3. The second-order valence-electron chi connectivity index (χ2n) is 7.20. The lowest BCUT2D eigenvalue weighted by Gasteiger charge is -2.17. The second-order valence-corrected chi connectivity index (χ2v) is 7.64. The van der Waals surface area contributed by atoms with Crippen LogP contribution >= 0.6 is 11.6 Å². The van der Waals surface area contributed by atoms with Gasteiger partial charge in [0.05, 0.1) is 11.2 Å². The first-order valence-electron chi connectivity index (χ1n) is 8.37. The number of rotatable bonds is 3. The third kappa shape index (κ3) is 3.68. The number of ether oxygens (including phenoxy) is 1. The van der Waals surface area contributed by atoms with E-state index in [1.807, 2.05) is 69.8 Å². The van der Waals surface area contributed by atoms with Crippen LogP contribution in [0.25, 0.3) is 22.8 Å². The maximum Gasteiger partial charge on any atom is 0.331 e. The molecule has 0 aliphatic rings. The van der Waals surface area contributed by atoms with E-state index in [2.05, 4.69) is 5.10 Å². The predicted octanol–water partition coefficient (Wildman–Crippen LogP) is 4.68. The van der Waals surface area contributed by atoms with Gasteiger partial charge in [0.15, 0.2) is 0 Å².